The topological polar surface area (TPSA) is 71.1 Å². The number of hydrogen-bond acceptors (Lipinski definition) is 6. The Hall–Kier alpha value is -1.66. The van der Waals surface area contributed by atoms with Gasteiger partial charge in [-0.05, 0) is 26.7 Å². The van der Waals surface area contributed by atoms with Gasteiger partial charge in [-0.1, -0.05) is 52.7 Å². The van der Waals surface area contributed by atoms with Gasteiger partial charge >= 0.3 is 11.9 Å². The van der Waals surface area contributed by atoms with Crippen molar-refractivity contribution in [2.45, 2.75) is 85.2 Å². The molecule has 0 aromatic heterocycles. The number of carbonyl (C=O) groups excluding carboxylic acids is 2. The quantitative estimate of drug-likeness (QED) is 0.172. The summed E-state index contributed by atoms with van der Waals surface area (Å²) in [7, 11) is 0. The third-order valence-electron chi connectivity index (χ3n) is 3.32. The molecule has 2 atom stereocenters. The van der Waals surface area contributed by atoms with Gasteiger partial charge in [-0.15, -0.1) is 0 Å². The molecule has 0 aliphatic carbocycles. The van der Waals surface area contributed by atoms with Gasteiger partial charge in [-0.25, -0.2) is 9.59 Å². The lowest BCUT2D eigenvalue weighted by Gasteiger charge is -2.16. The number of carbonyl (C=O) groups is 2. The van der Waals surface area contributed by atoms with E-state index in [0.29, 0.717) is 13.2 Å². The molecule has 0 bridgehead atoms. The number of esters is 2. The molecule has 0 aliphatic rings. The van der Waals surface area contributed by atoms with Crippen molar-refractivity contribution in [3.05, 3.63) is 25.3 Å². The standard InChI is InChI=1S/C13H24O3.C8H14O3/c1-4-7-8-9-10-11-13(15-6-3)16-12(14)5-2;1-4-6-10-7(3)11-8(9)5-2/h5,13H,2,4,6-11H2,1,3H3;5,7H,2,4,6H2,1,3H3. The molecule has 2 unspecified atom stereocenters. The average Bonchev–Trinajstić information content (AvgIpc) is 2.66. The first kappa shape index (κ1) is 27.6. The Labute approximate surface area is 164 Å². The average molecular weight is 387 g/mol. The van der Waals surface area contributed by atoms with Crippen LogP contribution in [0.4, 0.5) is 0 Å². The first-order chi connectivity index (χ1) is 12.9. The molecule has 0 fully saturated rings. The molecule has 0 aromatic carbocycles. The first-order valence-electron chi connectivity index (χ1n) is 9.84. The molecular weight excluding hydrogens is 348 g/mol. The Balaban J connectivity index is 0. The lowest BCUT2D eigenvalue weighted by atomic mass is 10.1. The Kier molecular flexibility index (Phi) is 21.1. The normalized spacial score (nSPS) is 12.1. The van der Waals surface area contributed by atoms with Crippen LogP contribution in [0.3, 0.4) is 0 Å². The summed E-state index contributed by atoms with van der Waals surface area (Å²) in [6.07, 6.45) is 9.05. The van der Waals surface area contributed by atoms with Crippen LogP contribution in [0, 0.1) is 0 Å². The van der Waals surface area contributed by atoms with E-state index in [2.05, 4.69) is 20.1 Å². The molecule has 0 aromatic rings. The minimum atomic E-state index is -0.472. The zero-order chi connectivity index (χ0) is 20.9. The van der Waals surface area contributed by atoms with Crippen LogP contribution in [0.25, 0.3) is 0 Å². The summed E-state index contributed by atoms with van der Waals surface area (Å²) < 4.78 is 20.2. The zero-order valence-corrected chi connectivity index (χ0v) is 17.5. The van der Waals surface area contributed by atoms with Crippen molar-refractivity contribution in [3.8, 4) is 0 Å². The lowest BCUT2D eigenvalue weighted by Crippen LogP contribution is -2.20. The molecule has 0 amide bonds. The summed E-state index contributed by atoms with van der Waals surface area (Å²) in [6.45, 7) is 15.5. The summed E-state index contributed by atoms with van der Waals surface area (Å²) in [6, 6.07) is 0. The van der Waals surface area contributed by atoms with Crippen LogP contribution in [-0.2, 0) is 28.5 Å². The first-order valence-corrected chi connectivity index (χ1v) is 9.84. The van der Waals surface area contributed by atoms with Crippen molar-refractivity contribution < 1.29 is 28.5 Å². The van der Waals surface area contributed by atoms with E-state index >= 15 is 0 Å². The van der Waals surface area contributed by atoms with E-state index in [9.17, 15) is 9.59 Å². The summed E-state index contributed by atoms with van der Waals surface area (Å²) in [4.78, 5) is 21.6. The molecular formula is C21H38O6. The summed E-state index contributed by atoms with van der Waals surface area (Å²) in [5.74, 6) is -0.861. The minimum Gasteiger partial charge on any atom is -0.433 e. The summed E-state index contributed by atoms with van der Waals surface area (Å²) in [5, 5.41) is 0. The van der Waals surface area contributed by atoms with Crippen molar-refractivity contribution >= 4 is 11.9 Å². The van der Waals surface area contributed by atoms with Gasteiger partial charge in [-0.3, -0.25) is 0 Å². The van der Waals surface area contributed by atoms with Crippen LogP contribution in [0.2, 0.25) is 0 Å². The van der Waals surface area contributed by atoms with Crippen LogP contribution in [0.15, 0.2) is 25.3 Å². The molecule has 158 valence electrons. The van der Waals surface area contributed by atoms with Crippen molar-refractivity contribution in [1.29, 1.82) is 0 Å². The zero-order valence-electron chi connectivity index (χ0n) is 17.5. The third-order valence-corrected chi connectivity index (χ3v) is 3.32. The van der Waals surface area contributed by atoms with Gasteiger partial charge in [0.25, 0.3) is 0 Å². The molecule has 0 N–H and O–H groups in total. The molecule has 0 rings (SSSR count). The predicted molar refractivity (Wildman–Crippen MR) is 107 cm³/mol. The third kappa shape index (κ3) is 20.5. The molecule has 27 heavy (non-hydrogen) atoms. The van der Waals surface area contributed by atoms with E-state index in [1.165, 1.54) is 31.8 Å². The van der Waals surface area contributed by atoms with Gasteiger partial charge in [0, 0.05) is 25.2 Å². The number of unbranched alkanes of at least 4 members (excludes halogenated alkanes) is 4. The lowest BCUT2D eigenvalue weighted by molar-refractivity contribution is -0.173. The Morgan fingerprint density at radius 1 is 0.852 bits per heavy atom. The van der Waals surface area contributed by atoms with E-state index in [4.69, 9.17) is 18.9 Å². The van der Waals surface area contributed by atoms with Crippen LogP contribution in [-0.4, -0.2) is 37.7 Å². The van der Waals surface area contributed by atoms with Crippen LogP contribution in [0.5, 0.6) is 0 Å². The maximum atomic E-state index is 11.0. The van der Waals surface area contributed by atoms with E-state index in [0.717, 1.165) is 25.3 Å². The van der Waals surface area contributed by atoms with E-state index < -0.39 is 24.5 Å². The summed E-state index contributed by atoms with van der Waals surface area (Å²) >= 11 is 0. The largest absolute Gasteiger partial charge is 0.433 e. The SMILES string of the molecule is C=CC(=O)OC(C)OCCC.C=CC(=O)OC(CCCCCCC)OCC. The molecule has 0 saturated carbocycles. The second-order valence-electron chi connectivity index (χ2n) is 5.81. The van der Waals surface area contributed by atoms with Gasteiger partial charge < -0.3 is 18.9 Å². The molecule has 0 spiro atoms. The smallest absolute Gasteiger partial charge is 0.332 e. The molecule has 6 heteroatoms. The van der Waals surface area contributed by atoms with E-state index in [-0.39, 0.29) is 0 Å². The van der Waals surface area contributed by atoms with Crippen molar-refractivity contribution in [3.63, 3.8) is 0 Å². The van der Waals surface area contributed by atoms with Crippen molar-refractivity contribution in [2.75, 3.05) is 13.2 Å². The van der Waals surface area contributed by atoms with Crippen molar-refractivity contribution in [1.82, 2.24) is 0 Å². The number of rotatable bonds is 15. The summed E-state index contributed by atoms with van der Waals surface area (Å²) in [5.41, 5.74) is 0. The molecule has 6 nitrogen and oxygen atoms in total. The molecule has 0 radical (unpaired) electrons. The monoisotopic (exact) mass is 386 g/mol. The van der Waals surface area contributed by atoms with Gasteiger partial charge in [0.1, 0.15) is 0 Å². The second-order valence-corrected chi connectivity index (χ2v) is 5.81. The van der Waals surface area contributed by atoms with Gasteiger partial charge in [0.15, 0.2) is 6.29 Å². The predicted octanol–water partition coefficient (Wildman–Crippen LogP) is 4.93. The molecule has 0 heterocycles. The number of hydrogen-bond donors (Lipinski definition) is 0. The molecule has 0 aliphatic heterocycles. The van der Waals surface area contributed by atoms with Crippen LogP contribution < -0.4 is 0 Å². The van der Waals surface area contributed by atoms with E-state index in [1.807, 2.05) is 13.8 Å². The maximum Gasteiger partial charge on any atom is 0.332 e. The minimum absolute atomic E-state index is 0.405. The Morgan fingerprint density at radius 3 is 1.96 bits per heavy atom. The number of ether oxygens (including phenoxy) is 4. The highest BCUT2D eigenvalue weighted by Crippen LogP contribution is 2.11. The second kappa shape index (κ2) is 20.6. The van der Waals surface area contributed by atoms with Gasteiger partial charge in [0.05, 0.1) is 6.61 Å². The van der Waals surface area contributed by atoms with Crippen molar-refractivity contribution in [2.24, 2.45) is 0 Å². The Morgan fingerprint density at radius 2 is 1.44 bits per heavy atom. The highest BCUT2D eigenvalue weighted by atomic mass is 16.7. The van der Waals surface area contributed by atoms with E-state index in [1.54, 1.807) is 6.92 Å². The molecule has 0 saturated heterocycles. The van der Waals surface area contributed by atoms with Gasteiger partial charge in [0.2, 0.25) is 6.29 Å². The van der Waals surface area contributed by atoms with Gasteiger partial charge in [-0.2, -0.15) is 0 Å². The fourth-order valence-corrected chi connectivity index (χ4v) is 1.98. The fourth-order valence-electron chi connectivity index (χ4n) is 1.98. The fraction of sp³-hybridized carbons (Fsp3) is 0.714. The highest BCUT2D eigenvalue weighted by molar-refractivity contribution is 5.81. The van der Waals surface area contributed by atoms with Crippen LogP contribution in [0.1, 0.15) is 72.6 Å². The Bertz CT molecular complexity index is 394. The van der Waals surface area contributed by atoms with Crippen LogP contribution >= 0.6 is 0 Å². The highest BCUT2D eigenvalue weighted by Gasteiger charge is 2.11. The maximum absolute atomic E-state index is 11.0.